The van der Waals surface area contributed by atoms with Crippen molar-refractivity contribution in [1.82, 2.24) is 19.7 Å². The zero-order valence-electron chi connectivity index (χ0n) is 13.7. The Labute approximate surface area is 144 Å². The predicted molar refractivity (Wildman–Crippen MR) is 91.1 cm³/mol. The van der Waals surface area contributed by atoms with Gasteiger partial charge in [0.2, 0.25) is 5.91 Å². The average molecular weight is 347 g/mol. The highest BCUT2D eigenvalue weighted by atomic mass is 32.1. The molecule has 1 fully saturated rings. The Morgan fingerprint density at radius 3 is 3.21 bits per heavy atom. The minimum Gasteiger partial charge on any atom is -0.371 e. The number of hydrogen-bond donors (Lipinski definition) is 1. The van der Waals surface area contributed by atoms with E-state index in [-0.39, 0.29) is 12.0 Å². The van der Waals surface area contributed by atoms with Gasteiger partial charge in [0.25, 0.3) is 0 Å². The monoisotopic (exact) mass is 347 g/mol. The van der Waals surface area contributed by atoms with Crippen molar-refractivity contribution in [2.75, 3.05) is 31.6 Å². The summed E-state index contributed by atoms with van der Waals surface area (Å²) in [7, 11) is 1.89. The second kappa shape index (κ2) is 6.62. The Kier molecular flexibility index (Phi) is 4.34. The minimum atomic E-state index is -0.0242. The number of carbonyl (C=O) groups excluding carboxylic acids is 1. The van der Waals surface area contributed by atoms with Crippen LogP contribution in [0.25, 0.3) is 0 Å². The van der Waals surface area contributed by atoms with Gasteiger partial charge in [-0.05, 0) is 19.3 Å². The fraction of sp³-hybridized carbons (Fsp3) is 0.562. The fourth-order valence-corrected chi connectivity index (χ4v) is 4.33. The van der Waals surface area contributed by atoms with Crippen LogP contribution in [0, 0.1) is 0 Å². The summed E-state index contributed by atoms with van der Waals surface area (Å²) in [4.78, 5) is 20.3. The number of morpholine rings is 1. The third-order valence-electron chi connectivity index (χ3n) is 4.46. The van der Waals surface area contributed by atoms with Crippen molar-refractivity contribution in [2.45, 2.75) is 25.4 Å². The molecule has 1 saturated heterocycles. The third-order valence-corrected chi connectivity index (χ3v) is 5.53. The zero-order chi connectivity index (χ0) is 16.5. The van der Waals surface area contributed by atoms with Crippen molar-refractivity contribution >= 4 is 22.4 Å². The highest BCUT2D eigenvalue weighted by Gasteiger charge is 2.25. The van der Waals surface area contributed by atoms with Gasteiger partial charge in [-0.3, -0.25) is 14.4 Å². The summed E-state index contributed by atoms with van der Waals surface area (Å²) in [5.74, 6) is -0.00531. The maximum Gasteiger partial charge on any atom is 0.240 e. The van der Waals surface area contributed by atoms with E-state index in [4.69, 9.17) is 4.74 Å². The lowest BCUT2D eigenvalue weighted by Crippen LogP contribution is -2.42. The lowest BCUT2D eigenvalue weighted by Gasteiger charge is -2.31. The van der Waals surface area contributed by atoms with E-state index >= 15 is 0 Å². The molecule has 4 rings (SSSR count). The van der Waals surface area contributed by atoms with Crippen LogP contribution in [0.15, 0.2) is 12.4 Å². The molecule has 1 unspecified atom stereocenters. The first-order chi connectivity index (χ1) is 11.7. The Hall–Kier alpha value is -1.77. The van der Waals surface area contributed by atoms with Gasteiger partial charge in [-0.25, -0.2) is 4.98 Å². The molecule has 24 heavy (non-hydrogen) atoms. The van der Waals surface area contributed by atoms with Gasteiger partial charge in [0.1, 0.15) is 0 Å². The highest BCUT2D eigenvalue weighted by Crippen LogP contribution is 2.30. The number of nitrogens with zero attached hydrogens (tertiary/aromatic N) is 4. The van der Waals surface area contributed by atoms with E-state index in [9.17, 15) is 4.79 Å². The Bertz CT molecular complexity index is 719. The number of anilines is 1. The SMILES string of the molecule is Cn1cc(C2CN(CC(=O)Nc3nc4c(s3)CCC4)CCO2)cn1. The minimum absolute atomic E-state index is 0.00531. The summed E-state index contributed by atoms with van der Waals surface area (Å²) in [5.41, 5.74) is 2.22. The second-order valence-corrected chi connectivity index (χ2v) is 7.42. The highest BCUT2D eigenvalue weighted by molar-refractivity contribution is 7.15. The van der Waals surface area contributed by atoms with Crippen LogP contribution >= 0.6 is 11.3 Å². The van der Waals surface area contributed by atoms with E-state index in [2.05, 4.69) is 20.3 Å². The molecular formula is C16H21N5O2S. The molecule has 1 aliphatic carbocycles. The standard InChI is InChI=1S/C16H21N5O2S/c1-20-8-11(7-17-20)13-9-21(5-6-23-13)10-15(22)19-16-18-12-3-2-4-14(12)24-16/h7-8,13H,2-6,9-10H2,1H3,(H,18,19,22). The number of hydrogen-bond acceptors (Lipinski definition) is 6. The number of carbonyl (C=O) groups is 1. The topological polar surface area (TPSA) is 72.3 Å². The van der Waals surface area contributed by atoms with Crippen LogP contribution in [-0.2, 0) is 29.4 Å². The molecule has 3 heterocycles. The lowest BCUT2D eigenvalue weighted by atomic mass is 10.1. The maximum absolute atomic E-state index is 12.3. The van der Waals surface area contributed by atoms with E-state index in [0.29, 0.717) is 19.7 Å². The van der Waals surface area contributed by atoms with Crippen LogP contribution in [0.5, 0.6) is 0 Å². The van der Waals surface area contributed by atoms with Crippen LogP contribution in [-0.4, -0.2) is 51.8 Å². The molecule has 1 atom stereocenters. The number of nitrogens with one attached hydrogen (secondary N) is 1. The third kappa shape index (κ3) is 3.35. The van der Waals surface area contributed by atoms with Crippen molar-refractivity contribution in [2.24, 2.45) is 7.05 Å². The zero-order valence-corrected chi connectivity index (χ0v) is 14.5. The Balaban J connectivity index is 1.33. The molecule has 1 aliphatic heterocycles. The van der Waals surface area contributed by atoms with E-state index in [0.717, 1.165) is 30.1 Å². The number of thiazole rings is 1. The van der Waals surface area contributed by atoms with E-state index in [1.54, 1.807) is 16.0 Å². The molecule has 2 aromatic heterocycles. The summed E-state index contributed by atoms with van der Waals surface area (Å²) in [6, 6.07) is 0. The molecule has 0 aromatic carbocycles. The van der Waals surface area contributed by atoms with E-state index in [1.807, 2.05) is 19.4 Å². The van der Waals surface area contributed by atoms with Gasteiger partial charge < -0.3 is 10.1 Å². The van der Waals surface area contributed by atoms with Crippen molar-refractivity contribution in [3.8, 4) is 0 Å². The first kappa shape index (κ1) is 15.7. The first-order valence-electron chi connectivity index (χ1n) is 8.28. The van der Waals surface area contributed by atoms with Crippen molar-refractivity contribution in [3.63, 3.8) is 0 Å². The Morgan fingerprint density at radius 2 is 2.42 bits per heavy atom. The van der Waals surface area contributed by atoms with Gasteiger partial charge in [0.15, 0.2) is 5.13 Å². The Morgan fingerprint density at radius 1 is 1.50 bits per heavy atom. The average Bonchev–Trinajstić information content (AvgIpc) is 3.23. The summed E-state index contributed by atoms with van der Waals surface area (Å²) in [5, 5.41) is 7.87. The molecule has 8 heteroatoms. The van der Waals surface area contributed by atoms with E-state index in [1.165, 1.54) is 17.0 Å². The molecular weight excluding hydrogens is 326 g/mol. The molecule has 1 N–H and O–H groups in total. The van der Waals surface area contributed by atoms with Crippen molar-refractivity contribution in [3.05, 3.63) is 28.5 Å². The van der Waals surface area contributed by atoms with Gasteiger partial charge in [-0.15, -0.1) is 11.3 Å². The normalized spacial score (nSPS) is 21.0. The fourth-order valence-electron chi connectivity index (χ4n) is 3.26. The maximum atomic E-state index is 12.3. The number of aryl methyl sites for hydroxylation is 3. The van der Waals surface area contributed by atoms with Gasteiger partial charge >= 0.3 is 0 Å². The van der Waals surface area contributed by atoms with Crippen molar-refractivity contribution < 1.29 is 9.53 Å². The van der Waals surface area contributed by atoms with Crippen molar-refractivity contribution in [1.29, 1.82) is 0 Å². The number of rotatable bonds is 4. The molecule has 7 nitrogen and oxygen atoms in total. The quantitative estimate of drug-likeness (QED) is 0.905. The summed E-state index contributed by atoms with van der Waals surface area (Å²) < 4.78 is 7.58. The number of amides is 1. The van der Waals surface area contributed by atoms with Crippen LogP contribution in [0.2, 0.25) is 0 Å². The first-order valence-corrected chi connectivity index (χ1v) is 9.10. The van der Waals surface area contributed by atoms with Gasteiger partial charge in [0, 0.05) is 36.8 Å². The second-order valence-electron chi connectivity index (χ2n) is 6.33. The molecule has 128 valence electrons. The van der Waals surface area contributed by atoms with E-state index < -0.39 is 0 Å². The lowest BCUT2D eigenvalue weighted by molar-refractivity contribution is -0.119. The van der Waals surface area contributed by atoms with Crippen LogP contribution in [0.4, 0.5) is 5.13 Å². The molecule has 0 radical (unpaired) electrons. The molecule has 2 aliphatic rings. The van der Waals surface area contributed by atoms with Crippen LogP contribution < -0.4 is 5.32 Å². The molecule has 0 saturated carbocycles. The van der Waals surface area contributed by atoms with Gasteiger partial charge in [-0.2, -0.15) is 5.10 Å². The summed E-state index contributed by atoms with van der Waals surface area (Å²) >= 11 is 1.62. The molecule has 0 spiro atoms. The summed E-state index contributed by atoms with van der Waals surface area (Å²) in [6.45, 7) is 2.45. The molecule has 0 bridgehead atoms. The van der Waals surface area contributed by atoms with Crippen LogP contribution in [0.3, 0.4) is 0 Å². The number of fused-ring (bicyclic) bond motifs is 1. The van der Waals surface area contributed by atoms with Gasteiger partial charge in [0.05, 0.1) is 31.1 Å². The van der Waals surface area contributed by atoms with Gasteiger partial charge in [-0.1, -0.05) is 0 Å². The summed E-state index contributed by atoms with van der Waals surface area (Å²) in [6.07, 6.45) is 7.09. The smallest absolute Gasteiger partial charge is 0.240 e. The number of aromatic nitrogens is 3. The number of ether oxygens (including phenoxy) is 1. The largest absolute Gasteiger partial charge is 0.371 e. The predicted octanol–water partition coefficient (Wildman–Crippen LogP) is 1.38. The van der Waals surface area contributed by atoms with Crippen LogP contribution in [0.1, 0.15) is 28.7 Å². The molecule has 2 aromatic rings. The molecule has 1 amide bonds.